The highest BCUT2D eigenvalue weighted by molar-refractivity contribution is 5.82. The fourth-order valence-electron chi connectivity index (χ4n) is 3.47. The summed E-state index contributed by atoms with van der Waals surface area (Å²) in [6.07, 6.45) is 5.79. The van der Waals surface area contributed by atoms with Crippen LogP contribution in [0.5, 0.6) is 0 Å². The monoisotopic (exact) mass is 281 g/mol. The summed E-state index contributed by atoms with van der Waals surface area (Å²) in [7, 11) is 0. The van der Waals surface area contributed by atoms with E-state index in [0.717, 1.165) is 45.1 Å². The van der Waals surface area contributed by atoms with Crippen LogP contribution in [0.3, 0.4) is 0 Å². The molecule has 0 unspecified atom stereocenters. The van der Waals surface area contributed by atoms with Gasteiger partial charge in [-0.15, -0.1) is 0 Å². The summed E-state index contributed by atoms with van der Waals surface area (Å²) in [4.78, 5) is 17.1. The van der Waals surface area contributed by atoms with Gasteiger partial charge in [-0.05, 0) is 51.2 Å². The third kappa shape index (κ3) is 4.19. The summed E-state index contributed by atoms with van der Waals surface area (Å²) in [5.74, 6) is 1.13. The molecule has 0 spiro atoms. The van der Waals surface area contributed by atoms with Gasteiger partial charge < -0.3 is 15.1 Å². The lowest BCUT2D eigenvalue weighted by molar-refractivity contribution is -0.135. The first kappa shape index (κ1) is 15.8. The lowest BCUT2D eigenvalue weighted by Crippen LogP contribution is -2.51. The second kappa shape index (κ2) is 7.99. The van der Waals surface area contributed by atoms with Gasteiger partial charge in [0.25, 0.3) is 0 Å². The molecule has 0 radical (unpaired) electrons. The highest BCUT2D eigenvalue weighted by Crippen LogP contribution is 2.20. The van der Waals surface area contributed by atoms with Gasteiger partial charge in [-0.25, -0.2) is 0 Å². The fourth-order valence-corrected chi connectivity index (χ4v) is 3.47. The van der Waals surface area contributed by atoms with Crippen molar-refractivity contribution in [1.82, 2.24) is 15.1 Å². The highest BCUT2D eigenvalue weighted by atomic mass is 16.2. The predicted molar refractivity (Wildman–Crippen MR) is 82.7 cm³/mol. The van der Waals surface area contributed by atoms with Crippen LogP contribution in [0.2, 0.25) is 0 Å². The van der Waals surface area contributed by atoms with E-state index in [-0.39, 0.29) is 6.04 Å². The first-order chi connectivity index (χ1) is 9.74. The Kier molecular flexibility index (Phi) is 6.30. The predicted octanol–water partition coefficient (Wildman–Crippen LogP) is 1.71. The van der Waals surface area contributed by atoms with Gasteiger partial charge in [-0.1, -0.05) is 20.3 Å². The Bertz CT molecular complexity index is 290. The second-order valence-electron chi connectivity index (χ2n) is 6.26. The van der Waals surface area contributed by atoms with Crippen LogP contribution in [-0.2, 0) is 4.79 Å². The topological polar surface area (TPSA) is 35.6 Å². The maximum absolute atomic E-state index is 12.4. The summed E-state index contributed by atoms with van der Waals surface area (Å²) in [6.45, 7) is 10.9. The van der Waals surface area contributed by atoms with E-state index in [1.807, 2.05) is 0 Å². The number of hydrogen-bond acceptors (Lipinski definition) is 3. The average molecular weight is 281 g/mol. The Morgan fingerprint density at radius 1 is 1.15 bits per heavy atom. The van der Waals surface area contributed by atoms with Crippen LogP contribution < -0.4 is 5.32 Å². The van der Waals surface area contributed by atoms with Gasteiger partial charge in [0.1, 0.15) is 0 Å². The molecule has 4 heteroatoms. The Morgan fingerprint density at radius 2 is 1.85 bits per heavy atom. The van der Waals surface area contributed by atoms with Crippen molar-refractivity contribution in [2.45, 2.75) is 52.0 Å². The van der Waals surface area contributed by atoms with Crippen molar-refractivity contribution < 1.29 is 4.79 Å². The van der Waals surface area contributed by atoms with Gasteiger partial charge in [-0.2, -0.15) is 0 Å². The zero-order chi connectivity index (χ0) is 14.4. The largest absolute Gasteiger partial charge is 0.341 e. The van der Waals surface area contributed by atoms with E-state index in [1.165, 1.54) is 32.2 Å². The minimum absolute atomic E-state index is 0.100. The number of rotatable bonds is 5. The zero-order valence-corrected chi connectivity index (χ0v) is 13.2. The second-order valence-corrected chi connectivity index (χ2v) is 6.26. The van der Waals surface area contributed by atoms with Gasteiger partial charge in [0.2, 0.25) is 5.91 Å². The van der Waals surface area contributed by atoms with E-state index >= 15 is 0 Å². The lowest BCUT2D eigenvalue weighted by Gasteiger charge is -2.37. The normalized spacial score (nSPS) is 25.1. The Labute approximate surface area is 123 Å². The standard InChI is InChI=1S/C16H31N3O/c1-3-18(4-2)13-14-8-11-19(12-9-14)16(20)15-7-5-6-10-17-15/h14-15,17H,3-13H2,1-2H3/t15-/m0/s1. The molecule has 0 aromatic carbocycles. The average Bonchev–Trinajstić information content (AvgIpc) is 2.53. The summed E-state index contributed by atoms with van der Waals surface area (Å²) < 4.78 is 0. The van der Waals surface area contributed by atoms with Crippen molar-refractivity contribution >= 4 is 5.91 Å². The molecule has 116 valence electrons. The number of amides is 1. The Hall–Kier alpha value is -0.610. The number of piperidine rings is 2. The molecule has 2 rings (SSSR count). The van der Waals surface area contributed by atoms with Crippen LogP contribution in [0.15, 0.2) is 0 Å². The van der Waals surface area contributed by atoms with Crippen LogP contribution in [0.1, 0.15) is 46.0 Å². The molecule has 0 aromatic rings. The maximum atomic E-state index is 12.4. The lowest BCUT2D eigenvalue weighted by atomic mass is 9.95. The van der Waals surface area contributed by atoms with Gasteiger partial charge in [0.15, 0.2) is 0 Å². The molecule has 2 aliphatic heterocycles. The van der Waals surface area contributed by atoms with Crippen molar-refractivity contribution in [3.63, 3.8) is 0 Å². The van der Waals surface area contributed by atoms with Gasteiger partial charge in [-0.3, -0.25) is 4.79 Å². The van der Waals surface area contributed by atoms with E-state index < -0.39 is 0 Å². The minimum atomic E-state index is 0.100. The molecule has 0 aromatic heterocycles. The SMILES string of the molecule is CCN(CC)CC1CCN(C(=O)[C@@H]2CCCCN2)CC1. The first-order valence-electron chi connectivity index (χ1n) is 8.49. The summed E-state index contributed by atoms with van der Waals surface area (Å²) >= 11 is 0. The van der Waals surface area contributed by atoms with Crippen molar-refractivity contribution in [3.8, 4) is 0 Å². The number of carbonyl (C=O) groups is 1. The number of nitrogens with one attached hydrogen (secondary N) is 1. The Balaban J connectivity index is 1.74. The fraction of sp³-hybridized carbons (Fsp3) is 0.938. The molecule has 20 heavy (non-hydrogen) atoms. The van der Waals surface area contributed by atoms with E-state index in [1.54, 1.807) is 0 Å². The van der Waals surface area contributed by atoms with E-state index in [4.69, 9.17) is 0 Å². The van der Waals surface area contributed by atoms with Crippen LogP contribution in [0, 0.1) is 5.92 Å². The van der Waals surface area contributed by atoms with Crippen molar-refractivity contribution in [1.29, 1.82) is 0 Å². The van der Waals surface area contributed by atoms with Crippen LogP contribution in [0.25, 0.3) is 0 Å². The smallest absolute Gasteiger partial charge is 0.239 e. The molecule has 2 saturated heterocycles. The molecular formula is C16H31N3O. The maximum Gasteiger partial charge on any atom is 0.239 e. The molecule has 0 aliphatic carbocycles. The van der Waals surface area contributed by atoms with Crippen LogP contribution in [0.4, 0.5) is 0 Å². The number of hydrogen-bond donors (Lipinski definition) is 1. The van der Waals surface area contributed by atoms with Gasteiger partial charge >= 0.3 is 0 Å². The van der Waals surface area contributed by atoms with Crippen molar-refractivity contribution in [3.05, 3.63) is 0 Å². The first-order valence-corrected chi connectivity index (χ1v) is 8.49. The molecule has 2 heterocycles. The molecular weight excluding hydrogens is 250 g/mol. The van der Waals surface area contributed by atoms with Gasteiger partial charge in [0, 0.05) is 19.6 Å². The molecule has 0 saturated carbocycles. The highest BCUT2D eigenvalue weighted by Gasteiger charge is 2.29. The van der Waals surface area contributed by atoms with Gasteiger partial charge in [0.05, 0.1) is 6.04 Å². The van der Waals surface area contributed by atoms with Crippen molar-refractivity contribution in [2.75, 3.05) is 39.3 Å². The van der Waals surface area contributed by atoms with E-state index in [0.29, 0.717) is 5.91 Å². The molecule has 1 N–H and O–H groups in total. The van der Waals surface area contributed by atoms with Crippen LogP contribution >= 0.6 is 0 Å². The number of nitrogens with zero attached hydrogens (tertiary/aromatic N) is 2. The summed E-state index contributed by atoms with van der Waals surface area (Å²) in [5, 5.41) is 3.38. The molecule has 2 fully saturated rings. The third-order valence-electron chi connectivity index (χ3n) is 4.95. The van der Waals surface area contributed by atoms with Crippen molar-refractivity contribution in [2.24, 2.45) is 5.92 Å². The zero-order valence-electron chi connectivity index (χ0n) is 13.2. The molecule has 1 amide bonds. The van der Waals surface area contributed by atoms with E-state index in [2.05, 4.69) is 29.0 Å². The van der Waals surface area contributed by atoms with E-state index in [9.17, 15) is 4.79 Å². The summed E-state index contributed by atoms with van der Waals surface area (Å²) in [6, 6.07) is 0.100. The minimum Gasteiger partial charge on any atom is -0.341 e. The third-order valence-corrected chi connectivity index (χ3v) is 4.95. The molecule has 0 bridgehead atoms. The number of carbonyl (C=O) groups excluding carboxylic acids is 1. The molecule has 4 nitrogen and oxygen atoms in total. The quantitative estimate of drug-likeness (QED) is 0.833. The number of likely N-dealkylation sites (tertiary alicyclic amines) is 1. The molecule has 1 atom stereocenters. The van der Waals surface area contributed by atoms with Crippen LogP contribution in [-0.4, -0.2) is 61.0 Å². The molecule has 2 aliphatic rings. The Morgan fingerprint density at radius 3 is 2.40 bits per heavy atom. The summed E-state index contributed by atoms with van der Waals surface area (Å²) in [5.41, 5.74) is 0.